The quantitative estimate of drug-likeness (QED) is 0.530. The van der Waals surface area contributed by atoms with Gasteiger partial charge in [0.1, 0.15) is 0 Å². The van der Waals surface area contributed by atoms with Gasteiger partial charge in [0.05, 0.1) is 6.10 Å². The highest BCUT2D eigenvalue weighted by molar-refractivity contribution is 6.00. The van der Waals surface area contributed by atoms with Gasteiger partial charge in [-0.15, -0.1) is 0 Å². The Hall–Kier alpha value is -0.830. The van der Waals surface area contributed by atoms with Gasteiger partial charge in [-0.3, -0.25) is 0 Å². The Morgan fingerprint density at radius 1 is 1.62 bits per heavy atom. The monoisotopic (exact) mass is 182 g/mol. The predicted octanol–water partition coefficient (Wildman–Crippen LogP) is 1.42. The van der Waals surface area contributed by atoms with E-state index in [9.17, 15) is 5.11 Å². The van der Waals surface area contributed by atoms with Crippen molar-refractivity contribution in [2.24, 2.45) is 11.1 Å². The Morgan fingerprint density at radius 3 is 2.54 bits per heavy atom. The van der Waals surface area contributed by atoms with Crippen LogP contribution in [0.4, 0.5) is 0 Å². The zero-order chi connectivity index (χ0) is 10.2. The number of hydrogen-bond acceptors (Lipinski definition) is 3. The first-order valence-corrected chi connectivity index (χ1v) is 4.55. The van der Waals surface area contributed by atoms with Crippen LogP contribution in [0.3, 0.4) is 0 Å². The second-order valence-electron chi connectivity index (χ2n) is 4.64. The number of nitrogens with two attached hydrogens (primary N) is 1. The lowest BCUT2D eigenvalue weighted by atomic mass is 9.72. The van der Waals surface area contributed by atoms with Crippen molar-refractivity contribution in [1.82, 2.24) is 0 Å². The van der Waals surface area contributed by atoms with E-state index in [0.29, 0.717) is 29.8 Å². The zero-order valence-electron chi connectivity index (χ0n) is 8.52. The Morgan fingerprint density at radius 2 is 2.15 bits per heavy atom. The molecule has 0 saturated heterocycles. The Labute approximate surface area is 79.1 Å². The van der Waals surface area contributed by atoms with Crippen LogP contribution in [0.15, 0.2) is 11.3 Å². The largest absolute Gasteiger partial charge is 0.402 e. The predicted molar refractivity (Wildman–Crippen MR) is 53.6 cm³/mol. The standard InChI is InChI=1S/C10H18N2O/c1-6(11)9-7(12)4-10(2,3)5-8(9)13/h8,12-13H,4-5,11H2,1-3H3. The molecule has 4 N–H and O–H groups in total. The third-order valence-corrected chi connectivity index (χ3v) is 2.48. The van der Waals surface area contributed by atoms with Crippen molar-refractivity contribution >= 4 is 5.71 Å². The van der Waals surface area contributed by atoms with Gasteiger partial charge in [-0.25, -0.2) is 0 Å². The molecular formula is C10H18N2O. The summed E-state index contributed by atoms with van der Waals surface area (Å²) in [5.74, 6) is 0. The molecule has 1 aliphatic carbocycles. The van der Waals surface area contributed by atoms with Gasteiger partial charge < -0.3 is 16.2 Å². The molecule has 0 spiro atoms. The summed E-state index contributed by atoms with van der Waals surface area (Å²) in [6.07, 6.45) is 0.842. The molecule has 0 aromatic carbocycles. The molecule has 0 bridgehead atoms. The fourth-order valence-electron chi connectivity index (χ4n) is 1.97. The average molecular weight is 182 g/mol. The summed E-state index contributed by atoms with van der Waals surface area (Å²) in [6, 6.07) is 0. The topological polar surface area (TPSA) is 70.1 Å². The molecule has 3 heteroatoms. The van der Waals surface area contributed by atoms with Gasteiger partial charge in [0.15, 0.2) is 0 Å². The Balaban J connectivity index is 2.96. The van der Waals surface area contributed by atoms with E-state index in [1.165, 1.54) is 0 Å². The highest BCUT2D eigenvalue weighted by atomic mass is 16.3. The van der Waals surface area contributed by atoms with Crippen LogP contribution in [-0.2, 0) is 0 Å². The second-order valence-corrected chi connectivity index (χ2v) is 4.64. The normalized spacial score (nSPS) is 31.7. The van der Waals surface area contributed by atoms with Gasteiger partial charge in [0.2, 0.25) is 0 Å². The van der Waals surface area contributed by atoms with Crippen LogP contribution < -0.4 is 5.73 Å². The van der Waals surface area contributed by atoms with Crippen molar-refractivity contribution < 1.29 is 5.11 Å². The summed E-state index contributed by atoms with van der Waals surface area (Å²) in [4.78, 5) is 0. The first-order chi connectivity index (χ1) is 5.83. The fraction of sp³-hybridized carbons (Fsp3) is 0.700. The number of allylic oxidation sites excluding steroid dienone is 1. The molecule has 1 rings (SSSR count). The lowest BCUT2D eigenvalue weighted by molar-refractivity contribution is 0.138. The van der Waals surface area contributed by atoms with Crippen molar-refractivity contribution in [2.45, 2.75) is 39.7 Å². The number of aliphatic hydroxyl groups excluding tert-OH is 1. The summed E-state index contributed by atoms with van der Waals surface area (Å²) in [5, 5.41) is 17.5. The number of rotatable bonds is 0. The number of nitrogens with one attached hydrogen (secondary N) is 1. The molecule has 1 aliphatic rings. The Kier molecular flexibility index (Phi) is 2.48. The molecule has 1 saturated carbocycles. The van der Waals surface area contributed by atoms with Crippen LogP contribution in [0, 0.1) is 10.8 Å². The van der Waals surface area contributed by atoms with Crippen molar-refractivity contribution in [3.63, 3.8) is 0 Å². The number of aliphatic hydroxyl groups is 1. The van der Waals surface area contributed by atoms with E-state index in [1.54, 1.807) is 6.92 Å². The lowest BCUT2D eigenvalue weighted by Crippen LogP contribution is -2.35. The lowest BCUT2D eigenvalue weighted by Gasteiger charge is -2.35. The van der Waals surface area contributed by atoms with E-state index in [2.05, 4.69) is 13.8 Å². The minimum absolute atomic E-state index is 0.0233. The summed E-state index contributed by atoms with van der Waals surface area (Å²) < 4.78 is 0. The molecule has 1 fully saturated rings. The molecule has 3 nitrogen and oxygen atoms in total. The van der Waals surface area contributed by atoms with E-state index < -0.39 is 6.10 Å². The molecule has 13 heavy (non-hydrogen) atoms. The smallest absolute Gasteiger partial charge is 0.0829 e. The first-order valence-electron chi connectivity index (χ1n) is 4.55. The zero-order valence-corrected chi connectivity index (χ0v) is 8.52. The third-order valence-electron chi connectivity index (χ3n) is 2.48. The molecule has 0 aliphatic heterocycles. The van der Waals surface area contributed by atoms with E-state index in [0.717, 1.165) is 0 Å². The molecule has 1 atom stereocenters. The maximum atomic E-state index is 9.77. The number of hydrogen-bond donors (Lipinski definition) is 3. The van der Waals surface area contributed by atoms with Crippen LogP contribution >= 0.6 is 0 Å². The van der Waals surface area contributed by atoms with E-state index in [1.807, 2.05) is 0 Å². The van der Waals surface area contributed by atoms with Gasteiger partial charge >= 0.3 is 0 Å². The van der Waals surface area contributed by atoms with E-state index in [-0.39, 0.29) is 5.41 Å². The molecule has 0 aromatic heterocycles. The summed E-state index contributed by atoms with van der Waals surface area (Å²) >= 11 is 0. The third kappa shape index (κ3) is 2.10. The van der Waals surface area contributed by atoms with Gasteiger partial charge in [0.25, 0.3) is 0 Å². The molecule has 0 aromatic rings. The van der Waals surface area contributed by atoms with Crippen LogP contribution in [0.25, 0.3) is 0 Å². The van der Waals surface area contributed by atoms with Crippen LogP contribution in [0.2, 0.25) is 0 Å². The van der Waals surface area contributed by atoms with Crippen molar-refractivity contribution in [3.8, 4) is 0 Å². The Bertz CT molecular complexity index is 262. The van der Waals surface area contributed by atoms with Gasteiger partial charge in [0, 0.05) is 17.0 Å². The fourth-order valence-corrected chi connectivity index (χ4v) is 1.97. The molecule has 0 radical (unpaired) electrons. The summed E-state index contributed by atoms with van der Waals surface area (Å²) in [7, 11) is 0. The SMILES string of the molecule is CC(N)=C1C(=N)CC(C)(C)CC1O. The summed E-state index contributed by atoms with van der Waals surface area (Å²) in [5.41, 5.74) is 7.34. The minimum atomic E-state index is -0.554. The van der Waals surface area contributed by atoms with E-state index >= 15 is 0 Å². The first kappa shape index (κ1) is 10.3. The molecule has 0 heterocycles. The van der Waals surface area contributed by atoms with Crippen molar-refractivity contribution in [1.29, 1.82) is 5.41 Å². The maximum absolute atomic E-state index is 9.77. The van der Waals surface area contributed by atoms with Crippen molar-refractivity contribution in [2.75, 3.05) is 0 Å². The van der Waals surface area contributed by atoms with Gasteiger partial charge in [-0.2, -0.15) is 0 Å². The highest BCUT2D eigenvalue weighted by Crippen LogP contribution is 2.36. The maximum Gasteiger partial charge on any atom is 0.0829 e. The molecular weight excluding hydrogens is 164 g/mol. The van der Waals surface area contributed by atoms with Crippen LogP contribution in [0.5, 0.6) is 0 Å². The molecule has 1 unspecified atom stereocenters. The van der Waals surface area contributed by atoms with E-state index in [4.69, 9.17) is 11.1 Å². The van der Waals surface area contributed by atoms with Crippen LogP contribution in [0.1, 0.15) is 33.6 Å². The summed E-state index contributed by atoms with van der Waals surface area (Å²) in [6.45, 7) is 5.87. The van der Waals surface area contributed by atoms with Crippen LogP contribution in [-0.4, -0.2) is 16.9 Å². The highest BCUT2D eigenvalue weighted by Gasteiger charge is 2.34. The molecule has 0 amide bonds. The van der Waals surface area contributed by atoms with Crippen molar-refractivity contribution in [3.05, 3.63) is 11.3 Å². The van der Waals surface area contributed by atoms with Gasteiger partial charge in [-0.1, -0.05) is 13.8 Å². The average Bonchev–Trinajstić information content (AvgIpc) is 1.78. The van der Waals surface area contributed by atoms with Gasteiger partial charge in [-0.05, 0) is 25.2 Å². The second kappa shape index (κ2) is 3.14. The molecule has 74 valence electrons. The minimum Gasteiger partial charge on any atom is -0.402 e.